The molecule has 4 unspecified atom stereocenters. The normalized spacial score (nSPS) is 18.8. The van der Waals surface area contributed by atoms with Crippen molar-refractivity contribution in [1.82, 2.24) is 14.6 Å². The first-order valence-electron chi connectivity index (χ1n) is 18.7. The minimum Gasteiger partial charge on any atom is -0.392 e. The Labute approximate surface area is 308 Å². The molecule has 1 fully saturated rings. The van der Waals surface area contributed by atoms with E-state index < -0.39 is 32.2 Å². The highest BCUT2D eigenvalue weighted by Gasteiger charge is 2.50. The molecular weight excluding hydrogens is 686 g/mol. The van der Waals surface area contributed by atoms with Gasteiger partial charge in [-0.05, 0) is 42.3 Å². The van der Waals surface area contributed by atoms with Gasteiger partial charge in [-0.1, -0.05) is 103 Å². The summed E-state index contributed by atoms with van der Waals surface area (Å²) < 4.78 is 31.0. The lowest BCUT2D eigenvalue weighted by Crippen LogP contribution is -2.42. The second kappa shape index (κ2) is 24.1. The van der Waals surface area contributed by atoms with Crippen molar-refractivity contribution in [2.24, 2.45) is 0 Å². The van der Waals surface area contributed by atoms with Crippen LogP contribution in [0.2, 0.25) is 0 Å². The van der Waals surface area contributed by atoms with Crippen LogP contribution in [0.4, 0.5) is 10.2 Å². The second-order valence-electron chi connectivity index (χ2n) is 13.3. The van der Waals surface area contributed by atoms with E-state index in [4.69, 9.17) is 29.9 Å². The van der Waals surface area contributed by atoms with E-state index >= 15 is 0 Å². The standard InChI is InChI=1S/C30H50N5O5P.C8H6FNO/c1-2-3-4-5-6-7-8-9-10-11-12-13-14-15-16-17-20-38-41(37)39-23-30(22-31)28(36)21-27(40-30)25-18-19-26-29(32)33-24-34-35(25)26;9-8-2-6(4-10)1-7(3-8)5-11/h18-19,24,27-28,36-37H,2-17,20-21,23H2,1H3,(H2,32,33,34);1-3,11H,5H2. The Balaban J connectivity index is 0.000000564. The number of anilines is 1. The van der Waals surface area contributed by atoms with Crippen molar-refractivity contribution < 1.29 is 33.3 Å². The first-order chi connectivity index (χ1) is 25.3. The van der Waals surface area contributed by atoms with Gasteiger partial charge in [0.25, 0.3) is 0 Å². The highest BCUT2D eigenvalue weighted by atomic mass is 31.2. The molecule has 286 valence electrons. The van der Waals surface area contributed by atoms with Crippen LogP contribution in [0.15, 0.2) is 36.7 Å². The number of aliphatic hydroxyl groups excluding tert-OH is 2. The Kier molecular flexibility index (Phi) is 20.0. The summed E-state index contributed by atoms with van der Waals surface area (Å²) in [4.78, 5) is 14.2. The summed E-state index contributed by atoms with van der Waals surface area (Å²) in [5.41, 5.74) is 6.20. The number of hydrogen-bond donors (Lipinski definition) is 4. The third-order valence-corrected chi connectivity index (χ3v) is 9.97. The van der Waals surface area contributed by atoms with Crippen LogP contribution in [0, 0.1) is 28.5 Å². The van der Waals surface area contributed by atoms with Crippen molar-refractivity contribution in [2.75, 3.05) is 18.9 Å². The number of ether oxygens (including phenoxy) is 1. The predicted octanol–water partition coefficient (Wildman–Crippen LogP) is 8.10. The molecule has 1 aromatic carbocycles. The molecule has 4 atom stereocenters. The summed E-state index contributed by atoms with van der Waals surface area (Å²) in [6.07, 6.45) is 20.5. The zero-order valence-corrected chi connectivity index (χ0v) is 31.4. The van der Waals surface area contributed by atoms with Crippen LogP contribution in [0.25, 0.3) is 5.52 Å². The van der Waals surface area contributed by atoms with Crippen molar-refractivity contribution in [3.63, 3.8) is 0 Å². The largest absolute Gasteiger partial charge is 0.392 e. The zero-order valence-electron chi connectivity index (χ0n) is 30.5. The number of aliphatic hydroxyl groups is 2. The van der Waals surface area contributed by atoms with Gasteiger partial charge in [0.05, 0.1) is 30.5 Å². The lowest BCUT2D eigenvalue weighted by atomic mass is 9.99. The van der Waals surface area contributed by atoms with Gasteiger partial charge in [0, 0.05) is 6.42 Å². The molecule has 0 amide bonds. The number of unbranched alkanes of at least 4 members (excludes halogenated alkanes) is 15. The van der Waals surface area contributed by atoms with Crippen molar-refractivity contribution in [3.8, 4) is 12.1 Å². The molecule has 0 bridgehead atoms. The molecule has 4 rings (SSSR count). The Hall–Kier alpha value is -3.26. The highest BCUT2D eigenvalue weighted by molar-refractivity contribution is 7.40. The first kappa shape index (κ1) is 43.1. The minimum absolute atomic E-state index is 0.177. The lowest BCUT2D eigenvalue weighted by molar-refractivity contribution is -0.0714. The van der Waals surface area contributed by atoms with Gasteiger partial charge in [-0.2, -0.15) is 15.6 Å². The Morgan fingerprint density at radius 3 is 2.15 bits per heavy atom. The third kappa shape index (κ3) is 14.3. The van der Waals surface area contributed by atoms with Gasteiger partial charge in [-0.25, -0.2) is 13.9 Å². The lowest BCUT2D eigenvalue weighted by Gasteiger charge is -2.25. The van der Waals surface area contributed by atoms with Gasteiger partial charge in [-0.15, -0.1) is 0 Å². The summed E-state index contributed by atoms with van der Waals surface area (Å²) in [7, 11) is -2.17. The Morgan fingerprint density at radius 2 is 1.58 bits per heavy atom. The SMILES string of the molecule is CCCCCCCCCCCCCCCCCCOP(O)OCC1(C#N)OC(c2ccc3c(N)ncnn23)CC1O.N#Cc1cc(F)cc(CO)c1. The molecule has 52 heavy (non-hydrogen) atoms. The van der Waals surface area contributed by atoms with E-state index in [1.807, 2.05) is 6.07 Å². The molecule has 1 saturated heterocycles. The van der Waals surface area contributed by atoms with Gasteiger partial charge in [0.1, 0.15) is 42.5 Å². The summed E-state index contributed by atoms with van der Waals surface area (Å²) in [5, 5.41) is 41.7. The van der Waals surface area contributed by atoms with Crippen molar-refractivity contribution in [2.45, 2.75) is 140 Å². The predicted molar refractivity (Wildman–Crippen MR) is 198 cm³/mol. The van der Waals surface area contributed by atoms with E-state index in [1.165, 1.54) is 102 Å². The molecule has 12 nitrogen and oxygen atoms in total. The van der Waals surface area contributed by atoms with Gasteiger partial charge >= 0.3 is 8.60 Å². The smallest absolute Gasteiger partial charge is 0.329 e. The van der Waals surface area contributed by atoms with Crippen molar-refractivity contribution in [1.29, 1.82) is 10.5 Å². The molecule has 3 heterocycles. The second-order valence-corrected chi connectivity index (χ2v) is 14.3. The van der Waals surface area contributed by atoms with E-state index in [-0.39, 0.29) is 25.2 Å². The number of rotatable bonds is 23. The molecule has 3 aromatic rings. The molecule has 2 aromatic heterocycles. The van der Waals surface area contributed by atoms with Crippen molar-refractivity contribution in [3.05, 3.63) is 59.3 Å². The number of benzene rings is 1. The number of nitriles is 2. The molecule has 0 spiro atoms. The van der Waals surface area contributed by atoms with Crippen LogP contribution in [0.5, 0.6) is 0 Å². The van der Waals surface area contributed by atoms with Gasteiger partial charge in [0.15, 0.2) is 5.82 Å². The average Bonchev–Trinajstić information content (AvgIpc) is 3.73. The van der Waals surface area contributed by atoms with Crippen molar-refractivity contribution >= 4 is 19.9 Å². The van der Waals surface area contributed by atoms with Crippen LogP contribution >= 0.6 is 8.60 Å². The van der Waals surface area contributed by atoms with Crippen LogP contribution in [-0.4, -0.2) is 54.6 Å². The minimum atomic E-state index is -2.17. The highest BCUT2D eigenvalue weighted by Crippen LogP contribution is 2.43. The maximum absolute atomic E-state index is 12.5. The number of nitrogens with zero attached hydrogens (tertiary/aromatic N) is 5. The monoisotopic (exact) mass is 742 g/mol. The average molecular weight is 743 g/mol. The number of hydrogen-bond acceptors (Lipinski definition) is 11. The van der Waals surface area contributed by atoms with E-state index in [9.17, 15) is 19.7 Å². The van der Waals surface area contributed by atoms with E-state index in [0.29, 0.717) is 29.2 Å². The van der Waals surface area contributed by atoms with Crippen LogP contribution in [0.3, 0.4) is 0 Å². The van der Waals surface area contributed by atoms with E-state index in [1.54, 1.807) is 22.7 Å². The number of aromatic nitrogens is 3. The van der Waals surface area contributed by atoms with Crippen LogP contribution < -0.4 is 5.73 Å². The molecule has 0 saturated carbocycles. The maximum atomic E-state index is 12.5. The number of nitrogen functional groups attached to an aromatic ring is 1. The molecule has 1 aliphatic heterocycles. The summed E-state index contributed by atoms with van der Waals surface area (Å²) >= 11 is 0. The van der Waals surface area contributed by atoms with Gasteiger partial charge in [0.2, 0.25) is 5.60 Å². The van der Waals surface area contributed by atoms with Crippen LogP contribution in [-0.2, 0) is 20.4 Å². The van der Waals surface area contributed by atoms with E-state index in [0.717, 1.165) is 25.3 Å². The molecule has 0 aliphatic carbocycles. The summed E-state index contributed by atoms with van der Waals surface area (Å²) in [6.45, 7) is 2.11. The summed E-state index contributed by atoms with van der Waals surface area (Å²) in [6, 6.07) is 11.1. The molecule has 14 heteroatoms. The summed E-state index contributed by atoms with van der Waals surface area (Å²) in [5.74, 6) is -0.166. The number of nitrogens with two attached hydrogens (primary N) is 1. The number of fused-ring (bicyclic) bond motifs is 1. The third-order valence-electron chi connectivity index (χ3n) is 9.22. The fourth-order valence-electron chi connectivity index (χ4n) is 6.22. The number of halogens is 1. The Morgan fingerprint density at radius 1 is 0.962 bits per heavy atom. The Bertz CT molecular complexity index is 1550. The van der Waals surface area contributed by atoms with Crippen LogP contribution in [0.1, 0.15) is 139 Å². The first-order valence-corrected chi connectivity index (χ1v) is 19.8. The van der Waals surface area contributed by atoms with Gasteiger partial charge in [-0.3, -0.25) is 0 Å². The molecule has 0 radical (unpaired) electrons. The topological polar surface area (TPSA) is 192 Å². The van der Waals surface area contributed by atoms with E-state index in [2.05, 4.69) is 17.0 Å². The zero-order chi connectivity index (χ0) is 37.6. The fourth-order valence-corrected chi connectivity index (χ4v) is 6.88. The fraction of sp³-hybridized carbons (Fsp3) is 0.632. The quantitative estimate of drug-likeness (QED) is 0.0542. The van der Waals surface area contributed by atoms with Gasteiger partial charge < -0.3 is 34.6 Å². The molecular formula is C38H56FN6O6P. The molecule has 1 aliphatic rings. The molecule has 5 N–H and O–H groups in total. The maximum Gasteiger partial charge on any atom is 0.329 e.